The predicted octanol–water partition coefficient (Wildman–Crippen LogP) is 5.81. The van der Waals surface area contributed by atoms with Gasteiger partial charge in [0.05, 0.1) is 11.7 Å². The number of rotatable bonds is 6. The Kier molecular flexibility index (Phi) is 10.8. The molecule has 0 aliphatic heterocycles. The van der Waals surface area contributed by atoms with Crippen molar-refractivity contribution >= 4 is 27.8 Å². The second kappa shape index (κ2) is 12.8. The van der Waals surface area contributed by atoms with Crippen LogP contribution < -0.4 is 10.3 Å². The second-order valence-corrected chi connectivity index (χ2v) is 6.66. The summed E-state index contributed by atoms with van der Waals surface area (Å²) < 4.78 is 27.6. The maximum atomic E-state index is 11.7. The summed E-state index contributed by atoms with van der Waals surface area (Å²) in [6, 6.07) is 6.15. The average Bonchev–Trinajstić information content (AvgIpc) is 3.09. The van der Waals surface area contributed by atoms with E-state index in [1.807, 2.05) is 13.8 Å². The molecule has 0 fully saturated rings. The van der Waals surface area contributed by atoms with Crippen molar-refractivity contribution in [3.63, 3.8) is 0 Å². The lowest BCUT2D eigenvalue weighted by Gasteiger charge is -2.05. The van der Waals surface area contributed by atoms with Crippen molar-refractivity contribution in [1.29, 1.82) is 5.41 Å². The van der Waals surface area contributed by atoms with Crippen LogP contribution in [0.1, 0.15) is 50.1 Å². The van der Waals surface area contributed by atoms with Crippen LogP contribution in [0.3, 0.4) is 0 Å². The minimum absolute atomic E-state index is 0.000556. The molecule has 0 saturated carbocycles. The summed E-state index contributed by atoms with van der Waals surface area (Å²) in [4.78, 5) is 20.8. The van der Waals surface area contributed by atoms with Crippen molar-refractivity contribution in [2.45, 2.75) is 53.6 Å². The summed E-state index contributed by atoms with van der Waals surface area (Å²) in [7, 11) is 0. The van der Waals surface area contributed by atoms with Crippen LogP contribution in [-0.2, 0) is 12.8 Å². The molecule has 2 heterocycles. The van der Waals surface area contributed by atoms with Gasteiger partial charge in [0, 0.05) is 16.7 Å². The number of aromatic amines is 1. The first-order valence-electron chi connectivity index (χ1n) is 9.54. The number of alkyl halides is 2. The molecule has 158 valence electrons. The lowest BCUT2D eigenvalue weighted by molar-refractivity contribution is -0.0499. The smallest absolute Gasteiger partial charge is 0.387 e. The Balaban J connectivity index is 0.000000273. The Morgan fingerprint density at radius 1 is 1.28 bits per heavy atom. The molecular formula is C21H27F2N3O2S. The summed E-state index contributed by atoms with van der Waals surface area (Å²) in [6.07, 6.45) is 5.47. The van der Waals surface area contributed by atoms with E-state index in [-0.39, 0.29) is 11.3 Å². The molecule has 0 aliphatic carbocycles. The van der Waals surface area contributed by atoms with Gasteiger partial charge in [-0.1, -0.05) is 46.2 Å². The van der Waals surface area contributed by atoms with E-state index < -0.39 is 6.61 Å². The van der Waals surface area contributed by atoms with E-state index in [9.17, 15) is 13.6 Å². The van der Waals surface area contributed by atoms with Gasteiger partial charge in [-0.2, -0.15) is 8.78 Å². The van der Waals surface area contributed by atoms with Crippen LogP contribution in [0.5, 0.6) is 5.75 Å². The number of thiophene rings is 1. The first-order chi connectivity index (χ1) is 14.0. The Bertz CT molecular complexity index is 954. The summed E-state index contributed by atoms with van der Waals surface area (Å²) in [5.41, 5.74) is 1.55. The number of nitrogens with zero attached hydrogens (tertiary/aromatic N) is 1. The number of hydrogen-bond acceptors (Lipinski definition) is 5. The maximum Gasteiger partial charge on any atom is 0.387 e. The van der Waals surface area contributed by atoms with E-state index in [0.717, 1.165) is 35.7 Å². The highest BCUT2D eigenvalue weighted by atomic mass is 32.1. The van der Waals surface area contributed by atoms with Gasteiger partial charge in [-0.25, -0.2) is 4.98 Å². The van der Waals surface area contributed by atoms with E-state index in [4.69, 9.17) is 5.41 Å². The van der Waals surface area contributed by atoms with Crippen LogP contribution in [0.25, 0.3) is 10.2 Å². The zero-order valence-electron chi connectivity index (χ0n) is 17.1. The third-order valence-corrected chi connectivity index (χ3v) is 5.07. The molecule has 3 rings (SSSR count). The number of H-pyrrole nitrogens is 1. The number of ether oxygens (including phenoxy) is 1. The summed E-state index contributed by atoms with van der Waals surface area (Å²) in [5.74, 6) is 0.0301. The second-order valence-electron chi connectivity index (χ2n) is 5.58. The number of aromatic nitrogens is 2. The number of hydrogen-bond donors (Lipinski definition) is 2. The quantitative estimate of drug-likeness (QED) is 0.491. The molecule has 0 atom stereocenters. The fourth-order valence-electron chi connectivity index (χ4n) is 2.65. The molecule has 1 aromatic carbocycles. The van der Waals surface area contributed by atoms with Gasteiger partial charge in [-0.3, -0.25) is 4.79 Å². The normalized spacial score (nSPS) is 10.0. The van der Waals surface area contributed by atoms with Gasteiger partial charge in [0.25, 0.3) is 5.56 Å². The van der Waals surface area contributed by atoms with Crippen LogP contribution in [0, 0.1) is 5.41 Å². The van der Waals surface area contributed by atoms with Gasteiger partial charge in [-0.05, 0) is 30.5 Å². The number of benzene rings is 1. The van der Waals surface area contributed by atoms with E-state index in [0.29, 0.717) is 5.56 Å². The van der Waals surface area contributed by atoms with Crippen LogP contribution in [0.2, 0.25) is 0 Å². The van der Waals surface area contributed by atoms with E-state index in [1.54, 1.807) is 23.5 Å². The number of aryl methyl sites for hydroxylation is 2. The van der Waals surface area contributed by atoms with Crippen LogP contribution in [-0.4, -0.2) is 22.8 Å². The van der Waals surface area contributed by atoms with Crippen molar-refractivity contribution in [2.24, 2.45) is 0 Å². The minimum atomic E-state index is -2.84. The van der Waals surface area contributed by atoms with Crippen molar-refractivity contribution in [3.8, 4) is 5.75 Å². The van der Waals surface area contributed by atoms with Crippen molar-refractivity contribution in [1.82, 2.24) is 9.97 Å². The highest BCUT2D eigenvalue weighted by Crippen LogP contribution is 2.28. The van der Waals surface area contributed by atoms with Gasteiger partial charge in [0.2, 0.25) is 0 Å². The molecule has 0 unspecified atom stereocenters. The molecule has 2 N–H and O–H groups in total. The minimum Gasteiger partial charge on any atom is -0.434 e. The van der Waals surface area contributed by atoms with E-state index in [2.05, 4.69) is 28.6 Å². The first-order valence-corrected chi connectivity index (χ1v) is 10.4. The molecule has 0 spiro atoms. The zero-order chi connectivity index (χ0) is 21.8. The molecule has 8 heteroatoms. The van der Waals surface area contributed by atoms with Crippen LogP contribution in [0.15, 0.2) is 35.4 Å². The predicted molar refractivity (Wildman–Crippen MR) is 116 cm³/mol. The SMILES string of the molecule is CC.CCCc1c(CC)sc2nc[nH]c(=O)c12.N=Cc1ccccc1OC(F)F. The monoisotopic (exact) mass is 423 g/mol. The number of nitrogens with one attached hydrogen (secondary N) is 2. The largest absolute Gasteiger partial charge is 0.434 e. The molecule has 2 aromatic heterocycles. The molecule has 5 nitrogen and oxygen atoms in total. The van der Waals surface area contributed by atoms with Gasteiger partial charge in [-0.15, -0.1) is 11.3 Å². The van der Waals surface area contributed by atoms with E-state index >= 15 is 0 Å². The summed E-state index contributed by atoms with van der Waals surface area (Å²) >= 11 is 1.65. The first kappa shape index (κ1) is 24.4. The van der Waals surface area contributed by atoms with Crippen LogP contribution >= 0.6 is 11.3 Å². The Hall–Kier alpha value is -2.61. The lowest BCUT2D eigenvalue weighted by atomic mass is 10.1. The lowest BCUT2D eigenvalue weighted by Crippen LogP contribution is -2.06. The van der Waals surface area contributed by atoms with Crippen molar-refractivity contribution in [2.75, 3.05) is 0 Å². The maximum absolute atomic E-state index is 11.7. The molecule has 0 saturated heterocycles. The molecule has 0 aliphatic rings. The molecular weight excluding hydrogens is 396 g/mol. The fraction of sp³-hybridized carbons (Fsp3) is 0.381. The number of halogens is 2. The molecule has 29 heavy (non-hydrogen) atoms. The van der Waals surface area contributed by atoms with Crippen LogP contribution in [0.4, 0.5) is 8.78 Å². The summed E-state index contributed by atoms with van der Waals surface area (Å²) in [5, 5.41) is 7.69. The van der Waals surface area contributed by atoms with Gasteiger partial charge in [0.15, 0.2) is 0 Å². The fourth-order valence-corrected chi connectivity index (χ4v) is 3.78. The Labute approximate surface area is 173 Å². The topological polar surface area (TPSA) is 78.8 Å². The molecule has 0 radical (unpaired) electrons. The van der Waals surface area contributed by atoms with Gasteiger partial charge in [0.1, 0.15) is 10.6 Å². The van der Waals surface area contributed by atoms with Crippen molar-refractivity contribution < 1.29 is 13.5 Å². The standard InChI is InChI=1S/C11H14N2OS.C8H7F2NO.C2H6/c1-3-5-7-8(4-2)15-11-9(7)10(14)12-6-13-11;9-8(10)12-7-4-2-1-3-6(7)5-11;1-2/h6H,3-5H2,1-2H3,(H,12,13,14);1-5,8,11H;1-2H3. The third-order valence-electron chi connectivity index (χ3n) is 3.79. The number of fused-ring (bicyclic) bond motifs is 1. The molecule has 0 bridgehead atoms. The molecule has 0 amide bonds. The Morgan fingerprint density at radius 3 is 2.55 bits per heavy atom. The van der Waals surface area contributed by atoms with E-state index in [1.165, 1.54) is 28.9 Å². The highest BCUT2D eigenvalue weighted by molar-refractivity contribution is 7.18. The summed E-state index contributed by atoms with van der Waals surface area (Å²) in [6.45, 7) is 5.41. The highest BCUT2D eigenvalue weighted by Gasteiger charge is 2.13. The van der Waals surface area contributed by atoms with Crippen molar-refractivity contribution in [3.05, 3.63) is 57.0 Å². The van der Waals surface area contributed by atoms with Gasteiger partial charge >= 0.3 is 6.61 Å². The number of para-hydroxylation sites is 1. The third kappa shape index (κ3) is 6.74. The Morgan fingerprint density at radius 2 is 1.97 bits per heavy atom. The zero-order valence-corrected chi connectivity index (χ0v) is 17.9. The molecule has 3 aromatic rings. The van der Waals surface area contributed by atoms with Gasteiger partial charge < -0.3 is 15.1 Å². The average molecular weight is 424 g/mol.